The molecule has 14 nitrogen and oxygen atoms in total. The van der Waals surface area contributed by atoms with Gasteiger partial charge in [-0.15, -0.1) is 0 Å². The first-order valence-electron chi connectivity index (χ1n) is 18.8. The molecule has 0 bridgehead atoms. The number of phenols is 2. The van der Waals surface area contributed by atoms with Gasteiger partial charge in [0.15, 0.2) is 0 Å². The van der Waals surface area contributed by atoms with Crippen LogP contribution in [0.4, 0.5) is 11.4 Å². The SMILES string of the molecule is COC1=C(OC)C(=O)C(Cc2cccc(C(=O)Nc3ccc(Cl)cc3Cl)c2O)=C(C)C1=O.COC1=C(OC)C(=O)C(Cc2cccc(C(=O)Nc3ccc(Cl)cc3Cl)c2O)=C(C)C1=O. The highest BCUT2D eigenvalue weighted by molar-refractivity contribution is 6.37. The van der Waals surface area contributed by atoms with Crippen molar-refractivity contribution in [2.75, 3.05) is 39.1 Å². The van der Waals surface area contributed by atoms with E-state index in [9.17, 15) is 39.0 Å². The number of anilines is 2. The molecule has 0 unspecified atom stereocenters. The van der Waals surface area contributed by atoms with Crippen LogP contribution in [0.5, 0.6) is 11.5 Å². The Balaban J connectivity index is 0.000000241. The predicted octanol–water partition coefficient (Wildman–Crippen LogP) is 8.93. The van der Waals surface area contributed by atoms with Crippen molar-refractivity contribution in [3.63, 3.8) is 0 Å². The van der Waals surface area contributed by atoms with E-state index in [4.69, 9.17) is 65.4 Å². The summed E-state index contributed by atoms with van der Waals surface area (Å²) in [5.74, 6) is -4.62. The van der Waals surface area contributed by atoms with Crippen LogP contribution in [0.25, 0.3) is 0 Å². The molecule has 0 fully saturated rings. The molecular weight excluding hydrogens is 914 g/mol. The van der Waals surface area contributed by atoms with Crippen molar-refractivity contribution in [1.82, 2.24) is 0 Å². The van der Waals surface area contributed by atoms with Crippen molar-refractivity contribution in [3.8, 4) is 11.5 Å². The van der Waals surface area contributed by atoms with Gasteiger partial charge in [0.2, 0.25) is 46.2 Å². The lowest BCUT2D eigenvalue weighted by molar-refractivity contribution is -0.121. The molecule has 6 rings (SSSR count). The van der Waals surface area contributed by atoms with Gasteiger partial charge in [-0.2, -0.15) is 0 Å². The van der Waals surface area contributed by atoms with Gasteiger partial charge in [0, 0.05) is 45.2 Å². The van der Waals surface area contributed by atoms with E-state index in [1.54, 1.807) is 36.4 Å². The second kappa shape index (κ2) is 20.7. The first-order valence-corrected chi connectivity index (χ1v) is 20.3. The van der Waals surface area contributed by atoms with Crippen LogP contribution in [0.2, 0.25) is 20.1 Å². The molecule has 18 heteroatoms. The molecule has 0 spiro atoms. The van der Waals surface area contributed by atoms with E-state index < -0.39 is 34.9 Å². The predicted molar refractivity (Wildman–Crippen MR) is 240 cm³/mol. The third-order valence-corrected chi connectivity index (χ3v) is 11.1. The number of phenolic OH excluding ortho intramolecular Hbond substituents is 2. The number of methoxy groups -OCH3 is 4. The molecule has 0 heterocycles. The lowest BCUT2D eigenvalue weighted by Crippen LogP contribution is -2.26. The fraction of sp³-hybridized carbons (Fsp3) is 0.174. The monoisotopic (exact) mass is 950 g/mol. The minimum Gasteiger partial charge on any atom is -0.507 e. The number of ketones is 4. The Bertz CT molecular complexity index is 2580. The molecule has 0 aromatic heterocycles. The maximum atomic E-state index is 12.9. The number of nitrogens with one attached hydrogen (secondary N) is 2. The number of Topliss-reactive ketones (excluding diaryl/α,β-unsaturated/α-hetero) is 4. The van der Waals surface area contributed by atoms with Gasteiger partial charge < -0.3 is 39.8 Å². The topological polar surface area (TPSA) is 204 Å². The summed E-state index contributed by atoms with van der Waals surface area (Å²) in [6.07, 6.45) is -0.177. The number of amides is 2. The van der Waals surface area contributed by atoms with Crippen LogP contribution in [0.15, 0.2) is 118 Å². The number of para-hydroxylation sites is 2. The first-order chi connectivity index (χ1) is 30.4. The fourth-order valence-electron chi connectivity index (χ4n) is 6.59. The zero-order chi connectivity index (χ0) is 47.2. The van der Waals surface area contributed by atoms with E-state index in [0.717, 1.165) is 0 Å². The molecule has 0 radical (unpaired) electrons. The van der Waals surface area contributed by atoms with Crippen molar-refractivity contribution in [3.05, 3.63) is 160 Å². The van der Waals surface area contributed by atoms with Crippen LogP contribution in [0, 0.1) is 0 Å². The molecule has 64 heavy (non-hydrogen) atoms. The second-order valence-corrected chi connectivity index (χ2v) is 15.5. The van der Waals surface area contributed by atoms with E-state index in [2.05, 4.69) is 10.6 Å². The van der Waals surface area contributed by atoms with E-state index in [1.807, 2.05) is 0 Å². The number of hydrogen-bond donors (Lipinski definition) is 4. The highest BCUT2D eigenvalue weighted by Gasteiger charge is 2.36. The summed E-state index contributed by atoms with van der Waals surface area (Å²) in [6.45, 7) is 2.99. The average molecular weight is 953 g/mol. The normalized spacial score (nSPS) is 14.0. The number of ether oxygens (including phenoxy) is 4. The van der Waals surface area contributed by atoms with Crippen molar-refractivity contribution in [2.24, 2.45) is 0 Å². The quantitative estimate of drug-likeness (QED) is 0.0984. The summed E-state index contributed by atoms with van der Waals surface area (Å²) in [4.78, 5) is 76.3. The largest absolute Gasteiger partial charge is 0.507 e. The minimum atomic E-state index is -0.607. The number of carbonyl (C=O) groups is 6. The fourth-order valence-corrected chi connectivity index (χ4v) is 7.50. The Labute approximate surface area is 386 Å². The van der Waals surface area contributed by atoms with Gasteiger partial charge in [0.1, 0.15) is 11.5 Å². The summed E-state index contributed by atoms with van der Waals surface area (Å²) < 4.78 is 20.2. The van der Waals surface area contributed by atoms with Gasteiger partial charge in [-0.05, 0) is 73.5 Å². The molecule has 2 aliphatic carbocycles. The smallest absolute Gasteiger partial charge is 0.259 e. The van der Waals surface area contributed by atoms with Gasteiger partial charge in [-0.1, -0.05) is 70.7 Å². The highest BCUT2D eigenvalue weighted by atomic mass is 35.5. The number of benzene rings is 4. The standard InChI is InChI=1S/2C23H19Cl2NO6/c2*1-11-15(20(29)22(32-3)21(31-2)18(11)27)9-12-5-4-6-14(19(12)28)23(30)26-17-8-7-13(24)10-16(17)25/h2*4-8,10,28H,9H2,1-3H3,(H,26,30). The molecule has 0 aliphatic heterocycles. The van der Waals surface area contributed by atoms with E-state index in [0.29, 0.717) is 21.4 Å². The van der Waals surface area contributed by atoms with Crippen LogP contribution < -0.4 is 10.6 Å². The molecule has 4 aromatic rings. The molecule has 0 atom stereocenters. The number of halogens is 4. The van der Waals surface area contributed by atoms with E-state index in [1.165, 1.54) is 78.7 Å². The summed E-state index contributed by atoms with van der Waals surface area (Å²) in [5.41, 5.74) is 1.78. The molecule has 4 aromatic carbocycles. The van der Waals surface area contributed by atoms with Crippen LogP contribution in [-0.2, 0) is 51.0 Å². The molecule has 4 N–H and O–H groups in total. The maximum absolute atomic E-state index is 12.9. The summed E-state index contributed by atoms with van der Waals surface area (Å²) in [7, 11) is 5.08. The van der Waals surface area contributed by atoms with E-state index in [-0.39, 0.29) is 102 Å². The second-order valence-electron chi connectivity index (χ2n) is 13.8. The molecule has 332 valence electrons. The first kappa shape index (κ1) is 48.5. The Kier molecular flexibility index (Phi) is 15.7. The molecule has 0 saturated carbocycles. The zero-order valence-corrected chi connectivity index (χ0v) is 37.9. The summed E-state index contributed by atoms with van der Waals surface area (Å²) >= 11 is 23.9. The molecule has 2 amide bonds. The van der Waals surface area contributed by atoms with Crippen LogP contribution in [0.3, 0.4) is 0 Å². The van der Waals surface area contributed by atoms with Crippen molar-refractivity contribution in [1.29, 1.82) is 0 Å². The Morgan fingerprint density at radius 3 is 1.16 bits per heavy atom. The zero-order valence-electron chi connectivity index (χ0n) is 34.8. The van der Waals surface area contributed by atoms with Crippen LogP contribution in [-0.4, -0.2) is 73.6 Å². The third-order valence-electron chi connectivity index (χ3n) is 10.0. The van der Waals surface area contributed by atoms with Gasteiger partial charge >= 0.3 is 0 Å². The van der Waals surface area contributed by atoms with Crippen LogP contribution in [0.1, 0.15) is 45.7 Å². The number of aromatic hydroxyl groups is 2. The average Bonchev–Trinajstić information content (AvgIpc) is 3.26. The molecule has 2 aliphatic rings. The third kappa shape index (κ3) is 10.1. The van der Waals surface area contributed by atoms with E-state index >= 15 is 0 Å². The number of rotatable bonds is 12. The van der Waals surface area contributed by atoms with Crippen molar-refractivity contribution in [2.45, 2.75) is 26.7 Å². The van der Waals surface area contributed by atoms with Crippen LogP contribution >= 0.6 is 46.4 Å². The Hall–Kier alpha value is -6.58. The number of carbonyl (C=O) groups excluding carboxylic acids is 6. The lowest BCUT2D eigenvalue weighted by atomic mass is 9.88. The van der Waals surface area contributed by atoms with Gasteiger partial charge in [0.25, 0.3) is 11.8 Å². The maximum Gasteiger partial charge on any atom is 0.259 e. The molecular formula is C46H38Cl4N2O12. The Morgan fingerprint density at radius 1 is 0.516 bits per heavy atom. The number of allylic oxidation sites excluding steroid dienone is 4. The van der Waals surface area contributed by atoms with Gasteiger partial charge in [-0.3, -0.25) is 28.8 Å². The van der Waals surface area contributed by atoms with Crippen molar-refractivity contribution < 1.29 is 57.9 Å². The summed E-state index contributed by atoms with van der Waals surface area (Å²) in [6, 6.07) is 18.3. The minimum absolute atomic E-state index is 0.0264. The van der Waals surface area contributed by atoms with Gasteiger partial charge in [0.05, 0.1) is 61.0 Å². The Morgan fingerprint density at radius 2 is 0.844 bits per heavy atom. The summed E-state index contributed by atoms with van der Waals surface area (Å²) in [5, 5.41) is 28.0. The molecule has 0 saturated heterocycles. The van der Waals surface area contributed by atoms with Crippen molar-refractivity contribution >= 4 is 92.7 Å². The highest BCUT2D eigenvalue weighted by Crippen LogP contribution is 2.35. The van der Waals surface area contributed by atoms with Gasteiger partial charge in [-0.25, -0.2) is 0 Å². The number of hydrogen-bond acceptors (Lipinski definition) is 12. The lowest BCUT2D eigenvalue weighted by Gasteiger charge is -2.21.